The fourth-order valence-corrected chi connectivity index (χ4v) is 5.65. The molecule has 9 nitrogen and oxygen atoms in total. The van der Waals surface area contributed by atoms with E-state index in [-0.39, 0.29) is 36.0 Å². The number of methoxy groups -OCH3 is 1. The van der Waals surface area contributed by atoms with Gasteiger partial charge in [-0.15, -0.1) is 0 Å². The number of aromatic nitrogens is 2. The van der Waals surface area contributed by atoms with Crippen molar-refractivity contribution in [1.29, 1.82) is 0 Å². The van der Waals surface area contributed by atoms with E-state index in [1.54, 1.807) is 43.5 Å². The maximum atomic E-state index is 13.3. The minimum atomic E-state index is -0.349. The van der Waals surface area contributed by atoms with Crippen LogP contribution in [0.15, 0.2) is 66.7 Å². The van der Waals surface area contributed by atoms with Gasteiger partial charge in [0.2, 0.25) is 5.91 Å². The van der Waals surface area contributed by atoms with Gasteiger partial charge in [0.15, 0.2) is 0 Å². The monoisotopic (exact) mass is 605 g/mol. The summed E-state index contributed by atoms with van der Waals surface area (Å²) >= 11 is 0. The van der Waals surface area contributed by atoms with Crippen molar-refractivity contribution >= 4 is 51.6 Å². The lowest BCUT2D eigenvalue weighted by molar-refractivity contribution is -0.115. The molecule has 2 aromatic heterocycles. The molecule has 3 aromatic carbocycles. The van der Waals surface area contributed by atoms with Crippen molar-refractivity contribution in [3.05, 3.63) is 112 Å². The Labute approximate surface area is 258 Å². The predicted molar refractivity (Wildman–Crippen MR) is 173 cm³/mol. The Bertz CT molecular complexity index is 2000. The zero-order valence-corrected chi connectivity index (χ0v) is 25.2. The van der Waals surface area contributed by atoms with Crippen molar-refractivity contribution in [2.45, 2.75) is 33.2 Å². The lowest BCUT2D eigenvalue weighted by Crippen LogP contribution is -2.26. The molecule has 0 saturated heterocycles. The number of amides is 3. The molecule has 0 radical (unpaired) electrons. The van der Waals surface area contributed by atoms with E-state index >= 15 is 0 Å². The second-order valence-corrected chi connectivity index (χ2v) is 11.1. The van der Waals surface area contributed by atoms with Crippen LogP contribution in [-0.4, -0.2) is 34.8 Å². The van der Waals surface area contributed by atoms with Crippen LogP contribution < -0.4 is 20.7 Å². The Kier molecular flexibility index (Phi) is 7.72. The first-order valence-electron chi connectivity index (χ1n) is 14.5. The van der Waals surface area contributed by atoms with Crippen LogP contribution in [0, 0.1) is 19.7 Å². The van der Waals surface area contributed by atoms with E-state index in [1.807, 2.05) is 45.0 Å². The van der Waals surface area contributed by atoms with Gasteiger partial charge in [0.1, 0.15) is 11.6 Å². The van der Waals surface area contributed by atoms with Crippen LogP contribution in [0.25, 0.3) is 22.6 Å². The minimum absolute atomic E-state index is 0.138. The Hall–Kier alpha value is -5.64. The number of H-pyrrole nitrogens is 2. The largest absolute Gasteiger partial charge is 0.496 e. The molecular weight excluding hydrogens is 573 g/mol. The molecule has 6 rings (SSSR count). The Morgan fingerprint density at radius 2 is 1.80 bits per heavy atom. The van der Waals surface area contributed by atoms with Crippen molar-refractivity contribution in [2.24, 2.45) is 0 Å². The Balaban J connectivity index is 1.20. The predicted octanol–water partition coefficient (Wildman–Crippen LogP) is 6.43. The average molecular weight is 606 g/mol. The molecule has 0 spiro atoms. The normalized spacial score (nSPS) is 13.9. The molecule has 0 unspecified atom stereocenters. The highest BCUT2D eigenvalue weighted by molar-refractivity contribution is 6.35. The van der Waals surface area contributed by atoms with Gasteiger partial charge < -0.3 is 30.7 Å². The molecule has 1 aliphatic rings. The highest BCUT2D eigenvalue weighted by Crippen LogP contribution is 2.36. The maximum Gasteiger partial charge on any atom is 0.256 e. The molecule has 3 amide bonds. The average Bonchev–Trinajstić information content (AvgIpc) is 3.65. The van der Waals surface area contributed by atoms with E-state index in [4.69, 9.17) is 4.74 Å². The van der Waals surface area contributed by atoms with Gasteiger partial charge in [-0.25, -0.2) is 4.39 Å². The van der Waals surface area contributed by atoms with Crippen molar-refractivity contribution in [3.63, 3.8) is 0 Å². The lowest BCUT2D eigenvalue weighted by atomic mass is 10.0. The summed E-state index contributed by atoms with van der Waals surface area (Å²) in [6.07, 6.45) is 1.87. The number of halogens is 1. The number of fused-ring (bicyclic) bond motifs is 2. The third-order valence-corrected chi connectivity index (χ3v) is 8.06. The number of hydrogen-bond donors (Lipinski definition) is 5. The number of aromatic amines is 2. The zero-order chi connectivity index (χ0) is 31.8. The first kappa shape index (κ1) is 29.4. The van der Waals surface area contributed by atoms with Gasteiger partial charge in [-0.3, -0.25) is 14.4 Å². The van der Waals surface area contributed by atoms with Crippen molar-refractivity contribution in [2.75, 3.05) is 17.7 Å². The zero-order valence-electron chi connectivity index (χ0n) is 25.2. The molecule has 0 bridgehead atoms. The molecule has 0 saturated carbocycles. The smallest absolute Gasteiger partial charge is 0.256 e. The molecule has 10 heteroatoms. The molecule has 5 aromatic rings. The molecule has 45 heavy (non-hydrogen) atoms. The summed E-state index contributed by atoms with van der Waals surface area (Å²) in [7, 11) is 1.61. The second kappa shape index (κ2) is 11.8. The number of hydrogen-bond acceptors (Lipinski definition) is 4. The van der Waals surface area contributed by atoms with Crippen LogP contribution in [0.2, 0.25) is 0 Å². The molecule has 0 aliphatic carbocycles. The van der Waals surface area contributed by atoms with E-state index in [0.29, 0.717) is 33.8 Å². The topological polar surface area (TPSA) is 128 Å². The maximum absolute atomic E-state index is 13.3. The SMILES string of the molecule is COc1cccc2[nH]c(CC(=O)Nc3c(C)[nH]c(/C=C4\C(=O)Nc5ccc(C(=O)N[C@H](C)c6ccc(F)cc6)cc54)c3C)cc12. The standard InChI is InChI=1S/C35H32FN5O4/c1-18-30(37-20(3)33(18)41-32(42)16-24-15-27-28(39-24)6-5-7-31(27)45-4)17-26-25-14-22(10-13-29(25)40-35(26)44)34(43)38-19(2)21-8-11-23(36)12-9-21/h5-15,17,19,37,39H,16H2,1-4H3,(H,38,43)(H,40,44)(H,41,42)/b26-17-/t19-/m1/s1. The highest BCUT2D eigenvalue weighted by Gasteiger charge is 2.27. The third-order valence-electron chi connectivity index (χ3n) is 8.06. The number of carbonyl (C=O) groups is 3. The van der Waals surface area contributed by atoms with Gasteiger partial charge in [0, 0.05) is 44.8 Å². The van der Waals surface area contributed by atoms with Crippen LogP contribution in [-0.2, 0) is 16.0 Å². The lowest BCUT2D eigenvalue weighted by Gasteiger charge is -2.15. The van der Waals surface area contributed by atoms with E-state index < -0.39 is 0 Å². The fraction of sp³-hybridized carbons (Fsp3) is 0.171. The van der Waals surface area contributed by atoms with Crippen LogP contribution in [0.1, 0.15) is 57.1 Å². The molecule has 228 valence electrons. The summed E-state index contributed by atoms with van der Waals surface area (Å²) in [5, 5.41) is 9.70. The number of carbonyl (C=O) groups excluding carboxylic acids is 3. The summed E-state index contributed by atoms with van der Waals surface area (Å²) < 4.78 is 18.7. The first-order valence-corrected chi connectivity index (χ1v) is 14.5. The Morgan fingerprint density at radius 3 is 2.56 bits per heavy atom. The fourth-order valence-electron chi connectivity index (χ4n) is 5.65. The molecular formula is C35H32FN5O4. The van der Waals surface area contributed by atoms with Crippen LogP contribution in [0.3, 0.4) is 0 Å². The van der Waals surface area contributed by atoms with Crippen molar-refractivity contribution in [3.8, 4) is 5.75 Å². The van der Waals surface area contributed by atoms with Gasteiger partial charge in [-0.1, -0.05) is 18.2 Å². The van der Waals surface area contributed by atoms with Crippen molar-refractivity contribution < 1.29 is 23.5 Å². The minimum Gasteiger partial charge on any atom is -0.496 e. The van der Waals surface area contributed by atoms with Gasteiger partial charge in [0.25, 0.3) is 11.8 Å². The molecule has 1 atom stereocenters. The molecule has 0 fully saturated rings. The number of anilines is 2. The van der Waals surface area contributed by atoms with Gasteiger partial charge in [-0.05, 0) is 86.5 Å². The third kappa shape index (κ3) is 5.82. The Morgan fingerprint density at radius 1 is 1.02 bits per heavy atom. The molecule has 1 aliphatic heterocycles. The summed E-state index contributed by atoms with van der Waals surface area (Å²) in [4.78, 5) is 45.7. The van der Waals surface area contributed by atoms with E-state index in [1.165, 1.54) is 12.1 Å². The van der Waals surface area contributed by atoms with Gasteiger partial charge in [0.05, 0.1) is 30.8 Å². The van der Waals surface area contributed by atoms with Crippen molar-refractivity contribution in [1.82, 2.24) is 15.3 Å². The van der Waals surface area contributed by atoms with E-state index in [2.05, 4.69) is 25.9 Å². The van der Waals surface area contributed by atoms with Gasteiger partial charge >= 0.3 is 0 Å². The summed E-state index contributed by atoms with van der Waals surface area (Å²) in [6.45, 7) is 5.54. The van der Waals surface area contributed by atoms with Crippen LogP contribution in [0.4, 0.5) is 15.8 Å². The van der Waals surface area contributed by atoms with Crippen LogP contribution in [0.5, 0.6) is 5.75 Å². The van der Waals surface area contributed by atoms with Crippen LogP contribution >= 0.6 is 0 Å². The molecule has 5 N–H and O–H groups in total. The number of ether oxygens (including phenoxy) is 1. The number of nitrogens with one attached hydrogen (secondary N) is 5. The number of rotatable bonds is 8. The summed E-state index contributed by atoms with van der Waals surface area (Å²) in [5.41, 5.74) is 7.19. The van der Waals surface area contributed by atoms with E-state index in [9.17, 15) is 18.8 Å². The highest BCUT2D eigenvalue weighted by atomic mass is 19.1. The summed E-state index contributed by atoms with van der Waals surface area (Å²) in [5.74, 6) is -0.428. The van der Waals surface area contributed by atoms with Gasteiger partial charge in [-0.2, -0.15) is 0 Å². The molecule has 3 heterocycles. The number of aryl methyl sites for hydroxylation is 1. The quantitative estimate of drug-likeness (QED) is 0.131. The summed E-state index contributed by atoms with van der Waals surface area (Å²) in [6, 6.07) is 18.2. The first-order chi connectivity index (χ1) is 21.6. The number of benzene rings is 3. The second-order valence-electron chi connectivity index (χ2n) is 11.1. The van der Waals surface area contributed by atoms with E-state index in [0.717, 1.165) is 39.2 Å².